The Kier molecular flexibility index (Phi) is 8.47. The second kappa shape index (κ2) is 13.3. The lowest BCUT2D eigenvalue weighted by molar-refractivity contribution is 0.332. The van der Waals surface area contributed by atoms with Crippen molar-refractivity contribution in [2.75, 3.05) is 9.80 Å². The van der Waals surface area contributed by atoms with Gasteiger partial charge >= 0.3 is 0 Å². The Morgan fingerprint density at radius 3 is 1.58 bits per heavy atom. The second-order valence-corrected chi connectivity index (χ2v) is 25.8. The molecule has 0 spiro atoms. The highest BCUT2D eigenvalue weighted by Gasteiger charge is 2.54. The molecule has 3 aliphatic carbocycles. The van der Waals surface area contributed by atoms with Gasteiger partial charge in [0.25, 0.3) is 6.71 Å². The van der Waals surface area contributed by atoms with Crippen molar-refractivity contribution in [2.45, 2.75) is 148 Å². The van der Waals surface area contributed by atoms with Crippen molar-refractivity contribution >= 4 is 78.0 Å². The number of thiophene rings is 1. The molecule has 0 saturated heterocycles. The smallest absolute Gasteiger partial charge is 0.254 e. The van der Waals surface area contributed by atoms with Crippen LogP contribution in [0.2, 0.25) is 0 Å². The first kappa shape index (κ1) is 41.4. The number of fused-ring (bicyclic) bond motifs is 12. The van der Waals surface area contributed by atoms with Gasteiger partial charge in [-0.1, -0.05) is 144 Å². The zero-order valence-corrected chi connectivity index (χ0v) is 41.7. The molecule has 4 heteroatoms. The van der Waals surface area contributed by atoms with E-state index in [1.54, 1.807) is 11.1 Å². The largest absolute Gasteiger partial charge is 0.311 e. The minimum atomic E-state index is 0.0537. The third kappa shape index (κ3) is 5.97. The zero-order valence-electron chi connectivity index (χ0n) is 40.9. The molecule has 2 atom stereocenters. The molecule has 3 heterocycles. The molecule has 328 valence electrons. The van der Waals surface area contributed by atoms with Crippen LogP contribution < -0.4 is 26.2 Å². The third-order valence-corrected chi connectivity index (χ3v) is 18.4. The fourth-order valence-corrected chi connectivity index (χ4v) is 14.5. The summed E-state index contributed by atoms with van der Waals surface area (Å²) in [5.74, 6) is 0. The maximum atomic E-state index is 2.71. The van der Waals surface area contributed by atoms with Gasteiger partial charge in [0.2, 0.25) is 0 Å². The summed E-state index contributed by atoms with van der Waals surface area (Å²) in [6.45, 7) is 29.1. The number of rotatable bonds is 3. The fourth-order valence-electron chi connectivity index (χ4n) is 13.2. The van der Waals surface area contributed by atoms with Crippen molar-refractivity contribution in [3.8, 4) is 11.1 Å². The van der Waals surface area contributed by atoms with E-state index in [2.05, 4.69) is 208 Å². The zero-order chi connectivity index (χ0) is 45.4. The Morgan fingerprint density at radius 1 is 0.492 bits per heavy atom. The highest BCUT2D eigenvalue weighted by atomic mass is 32.1. The minimum Gasteiger partial charge on any atom is -0.311 e. The average molecular weight is 869 g/mol. The lowest BCUT2D eigenvalue weighted by Gasteiger charge is -2.47. The van der Waals surface area contributed by atoms with Crippen LogP contribution in [-0.4, -0.2) is 6.71 Å². The van der Waals surface area contributed by atoms with Crippen molar-refractivity contribution in [1.29, 1.82) is 0 Å². The quantitative estimate of drug-likeness (QED) is 0.163. The summed E-state index contributed by atoms with van der Waals surface area (Å²) >= 11 is 2.03. The van der Waals surface area contributed by atoms with Gasteiger partial charge in [-0.15, -0.1) is 11.3 Å². The average Bonchev–Trinajstić information content (AvgIpc) is 3.87. The van der Waals surface area contributed by atoms with Gasteiger partial charge < -0.3 is 9.80 Å². The second-order valence-electron chi connectivity index (χ2n) is 24.7. The first-order chi connectivity index (χ1) is 30.7. The maximum absolute atomic E-state index is 2.71. The molecule has 0 amide bonds. The number of benzene rings is 6. The molecule has 2 unspecified atom stereocenters. The van der Waals surface area contributed by atoms with E-state index in [-0.39, 0.29) is 39.2 Å². The molecule has 2 bridgehead atoms. The number of hydrogen-bond donors (Lipinski definition) is 0. The molecular formula is C61H65BN2S. The summed E-state index contributed by atoms with van der Waals surface area (Å²) in [4.78, 5) is 5.34. The Labute approximate surface area is 393 Å². The van der Waals surface area contributed by atoms with Crippen LogP contribution in [0.5, 0.6) is 0 Å². The Bertz CT molecular complexity index is 3120. The van der Waals surface area contributed by atoms with Gasteiger partial charge in [-0.05, 0) is 185 Å². The van der Waals surface area contributed by atoms with E-state index in [9.17, 15) is 0 Å². The van der Waals surface area contributed by atoms with Crippen LogP contribution in [0.4, 0.5) is 33.4 Å². The van der Waals surface area contributed by atoms with Gasteiger partial charge in [0.1, 0.15) is 0 Å². The highest BCUT2D eigenvalue weighted by Crippen LogP contribution is 2.62. The summed E-state index contributed by atoms with van der Waals surface area (Å²) in [6, 6.07) is 46.0. The predicted octanol–water partition coefficient (Wildman–Crippen LogP) is 15.3. The molecule has 0 radical (unpaired) electrons. The van der Waals surface area contributed by atoms with E-state index >= 15 is 0 Å². The molecule has 1 saturated carbocycles. The molecule has 2 nitrogen and oxygen atoms in total. The van der Waals surface area contributed by atoms with Crippen molar-refractivity contribution in [1.82, 2.24) is 0 Å². The summed E-state index contributed by atoms with van der Waals surface area (Å²) in [5.41, 5.74) is 22.9. The van der Waals surface area contributed by atoms with Crippen molar-refractivity contribution in [3.05, 3.63) is 149 Å². The van der Waals surface area contributed by atoms with Gasteiger partial charge in [-0.3, -0.25) is 0 Å². The number of hydrogen-bond acceptors (Lipinski definition) is 3. The van der Waals surface area contributed by atoms with E-state index in [1.807, 2.05) is 11.3 Å². The van der Waals surface area contributed by atoms with Gasteiger partial charge in [0.05, 0.1) is 5.00 Å². The Balaban J connectivity index is 1.23. The molecule has 1 aromatic heterocycles. The van der Waals surface area contributed by atoms with Crippen LogP contribution in [0.15, 0.2) is 115 Å². The maximum Gasteiger partial charge on any atom is 0.254 e. The van der Waals surface area contributed by atoms with Crippen LogP contribution in [0.1, 0.15) is 149 Å². The molecular weight excluding hydrogens is 804 g/mol. The van der Waals surface area contributed by atoms with Gasteiger partial charge in [-0.2, -0.15) is 0 Å². The van der Waals surface area contributed by atoms with Crippen LogP contribution in [0, 0.1) is 0 Å². The SMILES string of the molecule is CC(C)(C)c1ccc(N2c3cc4c(cc3B3c5c2cc(-c2ccccc2)cc5N(c2ccc(C(C)(C)C)cc2)c2sc5cc6c(cc5c23)C2(C)CCC6(C)C2)C(C)(C)CCC4(C)C)cc1. The van der Waals surface area contributed by atoms with Crippen LogP contribution in [0.3, 0.4) is 0 Å². The van der Waals surface area contributed by atoms with Crippen LogP contribution >= 0.6 is 11.3 Å². The molecule has 12 rings (SSSR count). The lowest BCUT2D eigenvalue weighted by atomic mass is 9.33. The van der Waals surface area contributed by atoms with E-state index in [1.165, 1.54) is 125 Å². The standard InChI is InChI=1S/C61H65BN2S/c1-56(2,3)39-18-22-41(23-19-39)63-49-34-45-44(58(7,8)26-27-59(45,9)10)33-48(49)62-53-43-32-46-47(61(12)29-28-60(46,11)36-61)35-52(43)65-55(53)64(42-24-20-40(21-25-42)57(4,5)6)51-31-38(30-50(63)54(51)62)37-16-14-13-15-17-37/h13-25,30-35H,26-29,36H2,1-12H3. The monoisotopic (exact) mass is 868 g/mol. The molecule has 2 aliphatic heterocycles. The molecule has 1 fully saturated rings. The molecule has 6 aromatic carbocycles. The molecule has 0 N–H and O–H groups in total. The molecule has 5 aliphatic rings. The van der Waals surface area contributed by atoms with Gasteiger partial charge in [-0.25, -0.2) is 0 Å². The number of nitrogens with zero attached hydrogens (tertiary/aromatic N) is 2. The van der Waals surface area contributed by atoms with E-state index < -0.39 is 0 Å². The Morgan fingerprint density at radius 2 is 1.02 bits per heavy atom. The van der Waals surface area contributed by atoms with E-state index in [4.69, 9.17) is 0 Å². The van der Waals surface area contributed by atoms with Crippen LogP contribution in [-0.2, 0) is 32.5 Å². The lowest BCUT2D eigenvalue weighted by Crippen LogP contribution is -2.61. The topological polar surface area (TPSA) is 6.48 Å². The minimum absolute atomic E-state index is 0.0537. The van der Waals surface area contributed by atoms with Crippen molar-refractivity contribution in [2.24, 2.45) is 0 Å². The van der Waals surface area contributed by atoms with E-state index in [0.717, 1.165) is 0 Å². The summed E-state index contributed by atoms with van der Waals surface area (Å²) in [7, 11) is 0. The molecule has 65 heavy (non-hydrogen) atoms. The Hall–Kier alpha value is -5.06. The fraction of sp³-hybridized carbons (Fsp3) is 0.377. The first-order valence-corrected chi connectivity index (χ1v) is 25.3. The first-order valence-electron chi connectivity index (χ1n) is 24.5. The number of anilines is 6. The van der Waals surface area contributed by atoms with Gasteiger partial charge in [0.15, 0.2) is 0 Å². The highest BCUT2D eigenvalue weighted by molar-refractivity contribution is 7.26. The van der Waals surface area contributed by atoms with Gasteiger partial charge in [0, 0.05) is 33.1 Å². The normalized spacial score (nSPS) is 22.1. The summed E-state index contributed by atoms with van der Waals surface area (Å²) < 4.78 is 1.43. The predicted molar refractivity (Wildman–Crippen MR) is 283 cm³/mol. The summed E-state index contributed by atoms with van der Waals surface area (Å²) in [6.07, 6.45) is 6.20. The third-order valence-electron chi connectivity index (χ3n) is 17.2. The summed E-state index contributed by atoms with van der Waals surface area (Å²) in [5, 5.41) is 2.83. The molecule has 7 aromatic rings. The van der Waals surface area contributed by atoms with Crippen LogP contribution in [0.25, 0.3) is 21.2 Å². The van der Waals surface area contributed by atoms with Crippen molar-refractivity contribution in [3.63, 3.8) is 0 Å². The van der Waals surface area contributed by atoms with E-state index in [0.29, 0.717) is 0 Å². The van der Waals surface area contributed by atoms with Crippen molar-refractivity contribution < 1.29 is 0 Å².